The fourth-order valence-corrected chi connectivity index (χ4v) is 2.92. The molecule has 0 radical (unpaired) electrons. The van der Waals surface area contributed by atoms with Crippen LogP contribution in [0.5, 0.6) is 0 Å². The van der Waals surface area contributed by atoms with E-state index in [-0.39, 0.29) is 6.10 Å². The summed E-state index contributed by atoms with van der Waals surface area (Å²) in [5, 5.41) is 10.2. The molecular formula is C14H19IO. The minimum absolute atomic E-state index is 0.264. The zero-order valence-corrected chi connectivity index (χ0v) is 11.7. The fraction of sp³-hybridized carbons (Fsp3) is 0.571. The van der Waals surface area contributed by atoms with Crippen LogP contribution in [0.15, 0.2) is 24.3 Å². The van der Waals surface area contributed by atoms with Gasteiger partial charge in [0.1, 0.15) is 0 Å². The van der Waals surface area contributed by atoms with Crippen molar-refractivity contribution in [2.75, 3.05) is 0 Å². The smallest absolute Gasteiger partial charge is 0.0792 e. The second kappa shape index (κ2) is 6.01. The van der Waals surface area contributed by atoms with Crippen LogP contribution in [0.3, 0.4) is 0 Å². The minimum atomic E-state index is -0.264. The maximum atomic E-state index is 10.2. The van der Waals surface area contributed by atoms with Crippen molar-refractivity contribution in [3.05, 3.63) is 33.4 Å². The molecule has 0 aliphatic heterocycles. The molecule has 0 heterocycles. The molecule has 0 spiro atoms. The van der Waals surface area contributed by atoms with Crippen LogP contribution in [0.1, 0.15) is 50.2 Å². The molecule has 1 aliphatic carbocycles. The average Bonchev–Trinajstić information content (AvgIpc) is 2.31. The van der Waals surface area contributed by atoms with Gasteiger partial charge in [-0.15, -0.1) is 0 Å². The fourth-order valence-electron chi connectivity index (χ4n) is 2.56. The lowest BCUT2D eigenvalue weighted by molar-refractivity contribution is 0.131. The Morgan fingerprint density at radius 3 is 2.38 bits per heavy atom. The van der Waals surface area contributed by atoms with Crippen molar-refractivity contribution in [1.29, 1.82) is 0 Å². The molecule has 2 rings (SSSR count). The molecule has 0 bridgehead atoms. The molecule has 1 aromatic rings. The molecule has 0 aromatic heterocycles. The number of benzene rings is 1. The Morgan fingerprint density at radius 2 is 1.75 bits per heavy atom. The molecule has 1 atom stereocenters. The Labute approximate surface area is 111 Å². The Balaban J connectivity index is 1.91. The van der Waals surface area contributed by atoms with Gasteiger partial charge in [0.2, 0.25) is 0 Å². The van der Waals surface area contributed by atoms with Gasteiger partial charge in [0.15, 0.2) is 0 Å². The summed E-state index contributed by atoms with van der Waals surface area (Å²) in [5.41, 5.74) is 1.07. The van der Waals surface area contributed by atoms with Crippen molar-refractivity contribution in [3.8, 4) is 0 Å². The first-order chi connectivity index (χ1) is 7.75. The lowest BCUT2D eigenvalue weighted by Crippen LogP contribution is -2.11. The highest BCUT2D eigenvalue weighted by atomic mass is 127. The van der Waals surface area contributed by atoms with Crippen molar-refractivity contribution < 1.29 is 5.11 Å². The van der Waals surface area contributed by atoms with Gasteiger partial charge in [-0.25, -0.2) is 0 Å². The van der Waals surface area contributed by atoms with Crippen LogP contribution < -0.4 is 0 Å². The lowest BCUT2D eigenvalue weighted by Gasteiger charge is -2.24. The predicted octanol–water partition coefficient (Wildman–Crippen LogP) is 4.30. The Morgan fingerprint density at radius 1 is 1.12 bits per heavy atom. The zero-order valence-electron chi connectivity index (χ0n) is 9.53. The molecule has 1 nitrogen and oxygen atoms in total. The summed E-state index contributed by atoms with van der Waals surface area (Å²) in [7, 11) is 0. The van der Waals surface area contributed by atoms with Crippen molar-refractivity contribution in [3.63, 3.8) is 0 Å². The monoisotopic (exact) mass is 330 g/mol. The van der Waals surface area contributed by atoms with E-state index >= 15 is 0 Å². The molecule has 1 unspecified atom stereocenters. The van der Waals surface area contributed by atoms with Crippen molar-refractivity contribution in [2.45, 2.75) is 44.6 Å². The molecule has 0 saturated heterocycles. The third-order valence-electron chi connectivity index (χ3n) is 3.54. The number of aliphatic hydroxyl groups is 1. The Bertz CT molecular complexity index is 314. The molecular weight excluding hydrogens is 311 g/mol. The van der Waals surface area contributed by atoms with Gasteiger partial charge < -0.3 is 5.11 Å². The highest BCUT2D eigenvalue weighted by Crippen LogP contribution is 2.31. The van der Waals surface area contributed by atoms with Crippen LogP contribution >= 0.6 is 22.6 Å². The van der Waals surface area contributed by atoms with E-state index in [0.717, 1.165) is 17.9 Å². The van der Waals surface area contributed by atoms with E-state index in [2.05, 4.69) is 46.9 Å². The maximum Gasteiger partial charge on any atom is 0.0792 e. The minimum Gasteiger partial charge on any atom is -0.388 e. The van der Waals surface area contributed by atoms with E-state index in [1.165, 1.54) is 35.7 Å². The normalized spacial score (nSPS) is 19.6. The first-order valence-electron chi connectivity index (χ1n) is 6.19. The van der Waals surface area contributed by atoms with Crippen LogP contribution in [0.2, 0.25) is 0 Å². The van der Waals surface area contributed by atoms with Crippen LogP contribution in [0.25, 0.3) is 0 Å². The van der Waals surface area contributed by atoms with Crippen LogP contribution in [0, 0.1) is 9.49 Å². The van der Waals surface area contributed by atoms with E-state index < -0.39 is 0 Å². The van der Waals surface area contributed by atoms with E-state index in [9.17, 15) is 5.11 Å². The van der Waals surface area contributed by atoms with Gasteiger partial charge >= 0.3 is 0 Å². The van der Waals surface area contributed by atoms with Gasteiger partial charge in [0.05, 0.1) is 6.10 Å². The molecule has 88 valence electrons. The number of hydrogen-bond donors (Lipinski definition) is 1. The first-order valence-corrected chi connectivity index (χ1v) is 7.27. The molecule has 1 aromatic carbocycles. The Kier molecular flexibility index (Phi) is 4.65. The molecule has 0 amide bonds. The van der Waals surface area contributed by atoms with E-state index in [0.29, 0.717) is 0 Å². The summed E-state index contributed by atoms with van der Waals surface area (Å²) in [4.78, 5) is 0. The predicted molar refractivity (Wildman–Crippen MR) is 75.3 cm³/mol. The second-order valence-electron chi connectivity index (χ2n) is 4.81. The zero-order chi connectivity index (χ0) is 11.4. The summed E-state index contributed by atoms with van der Waals surface area (Å²) in [5.74, 6) is 0.739. The number of hydrogen-bond acceptors (Lipinski definition) is 1. The summed E-state index contributed by atoms with van der Waals surface area (Å²) < 4.78 is 1.23. The van der Waals surface area contributed by atoms with E-state index in [1.54, 1.807) is 0 Å². The molecule has 2 heteroatoms. The number of aliphatic hydroxyl groups excluding tert-OH is 1. The molecule has 1 fully saturated rings. The SMILES string of the molecule is OC(CC1CCCCC1)c1ccc(I)cc1. The van der Waals surface area contributed by atoms with E-state index in [1.807, 2.05) is 0 Å². The first kappa shape index (κ1) is 12.4. The lowest BCUT2D eigenvalue weighted by atomic mass is 9.84. The molecule has 1 aliphatic rings. The topological polar surface area (TPSA) is 20.2 Å². The van der Waals surface area contributed by atoms with Crippen molar-refractivity contribution in [2.24, 2.45) is 5.92 Å². The van der Waals surface area contributed by atoms with Gasteiger partial charge in [-0.1, -0.05) is 44.2 Å². The van der Waals surface area contributed by atoms with Gasteiger partial charge in [0.25, 0.3) is 0 Å². The van der Waals surface area contributed by atoms with Crippen LogP contribution in [-0.4, -0.2) is 5.11 Å². The highest BCUT2D eigenvalue weighted by Gasteiger charge is 2.18. The van der Waals surface area contributed by atoms with Crippen molar-refractivity contribution >= 4 is 22.6 Å². The number of rotatable bonds is 3. The van der Waals surface area contributed by atoms with Crippen molar-refractivity contribution in [1.82, 2.24) is 0 Å². The maximum absolute atomic E-state index is 10.2. The van der Waals surface area contributed by atoms with E-state index in [4.69, 9.17) is 0 Å². The van der Waals surface area contributed by atoms with Crippen LogP contribution in [-0.2, 0) is 0 Å². The number of halogens is 1. The van der Waals surface area contributed by atoms with Gasteiger partial charge in [0, 0.05) is 3.57 Å². The largest absolute Gasteiger partial charge is 0.388 e. The second-order valence-corrected chi connectivity index (χ2v) is 6.05. The van der Waals surface area contributed by atoms with Crippen LogP contribution in [0.4, 0.5) is 0 Å². The van der Waals surface area contributed by atoms with Gasteiger partial charge in [-0.3, -0.25) is 0 Å². The summed E-state index contributed by atoms with van der Waals surface area (Å²) in [6.45, 7) is 0. The molecule has 1 N–H and O–H groups in total. The standard InChI is InChI=1S/C14H19IO/c15-13-8-6-12(7-9-13)14(16)10-11-4-2-1-3-5-11/h6-9,11,14,16H,1-5,10H2. The summed E-state index contributed by atoms with van der Waals surface area (Å²) in [6, 6.07) is 8.24. The molecule has 1 saturated carbocycles. The highest BCUT2D eigenvalue weighted by molar-refractivity contribution is 14.1. The van der Waals surface area contributed by atoms with Gasteiger partial charge in [-0.2, -0.15) is 0 Å². The average molecular weight is 330 g/mol. The summed E-state index contributed by atoms with van der Waals surface area (Å²) in [6.07, 6.45) is 7.38. The third kappa shape index (κ3) is 3.45. The third-order valence-corrected chi connectivity index (χ3v) is 4.26. The van der Waals surface area contributed by atoms with Gasteiger partial charge in [-0.05, 0) is 52.6 Å². The quantitative estimate of drug-likeness (QED) is 0.820. The Hall–Kier alpha value is -0.0900. The summed E-state index contributed by atoms with van der Waals surface area (Å²) >= 11 is 2.29. The molecule has 16 heavy (non-hydrogen) atoms.